The molecule has 1 aromatic rings. The number of hydrogen-bond donors (Lipinski definition) is 0. The van der Waals surface area contributed by atoms with Crippen molar-refractivity contribution in [2.24, 2.45) is 0 Å². The van der Waals surface area contributed by atoms with Gasteiger partial charge in [0, 0.05) is 14.2 Å². The maximum absolute atomic E-state index is 5.87. The lowest BCUT2D eigenvalue weighted by atomic mass is 10.4. The highest BCUT2D eigenvalue weighted by Crippen LogP contribution is 2.07. The monoisotopic (exact) mass is 216 g/mol. The van der Waals surface area contributed by atoms with E-state index in [-0.39, 0.29) is 0 Å². The van der Waals surface area contributed by atoms with Crippen molar-refractivity contribution in [1.29, 1.82) is 0 Å². The zero-order valence-electron chi connectivity index (χ0n) is 7.79. The average molecular weight is 217 g/mol. The van der Waals surface area contributed by atoms with Gasteiger partial charge in [0.1, 0.15) is 0 Å². The summed E-state index contributed by atoms with van der Waals surface area (Å²) in [5.41, 5.74) is 0.407. The summed E-state index contributed by atoms with van der Waals surface area (Å²) in [7, 11) is 0.960. The molecular formula is C9H13ClO2Si. The summed E-state index contributed by atoms with van der Waals surface area (Å²) < 4.78 is 10.8. The molecule has 0 N–H and O–H groups in total. The van der Waals surface area contributed by atoms with Gasteiger partial charge in [-0.15, -0.1) is 11.6 Å². The molecule has 13 heavy (non-hydrogen) atoms. The first-order valence-corrected chi connectivity index (χ1v) is 6.56. The highest BCUT2D eigenvalue weighted by atomic mass is 35.5. The van der Waals surface area contributed by atoms with Gasteiger partial charge in [0.15, 0.2) is 0 Å². The summed E-state index contributed by atoms with van der Waals surface area (Å²) in [5.74, 6) is 0. The minimum Gasteiger partial charge on any atom is -0.394 e. The molecule has 1 rings (SSSR count). The van der Waals surface area contributed by atoms with Gasteiger partial charge in [0.2, 0.25) is 0 Å². The van der Waals surface area contributed by atoms with Crippen molar-refractivity contribution in [3.63, 3.8) is 0 Å². The van der Waals surface area contributed by atoms with E-state index in [4.69, 9.17) is 20.5 Å². The molecule has 0 radical (unpaired) electrons. The van der Waals surface area contributed by atoms with Crippen molar-refractivity contribution in [1.82, 2.24) is 0 Å². The second kappa shape index (κ2) is 4.76. The van der Waals surface area contributed by atoms with Gasteiger partial charge in [0.05, 0.1) is 5.50 Å². The predicted molar refractivity (Wildman–Crippen MR) is 56.6 cm³/mol. The van der Waals surface area contributed by atoms with Crippen LogP contribution in [0.3, 0.4) is 0 Å². The molecule has 2 nitrogen and oxygen atoms in total. The fourth-order valence-corrected chi connectivity index (χ4v) is 4.03. The smallest absolute Gasteiger partial charge is 0.387 e. The maximum atomic E-state index is 5.87. The molecule has 0 heterocycles. The molecule has 0 atom stereocenters. The van der Waals surface area contributed by atoms with Crippen LogP contribution in [0.1, 0.15) is 0 Å². The molecular weight excluding hydrogens is 204 g/mol. The van der Waals surface area contributed by atoms with Crippen molar-refractivity contribution >= 4 is 25.3 Å². The third kappa shape index (κ3) is 2.11. The highest BCUT2D eigenvalue weighted by Gasteiger charge is 2.36. The van der Waals surface area contributed by atoms with Crippen LogP contribution in [0.2, 0.25) is 0 Å². The number of alkyl halides is 1. The van der Waals surface area contributed by atoms with Crippen molar-refractivity contribution in [2.75, 3.05) is 19.7 Å². The Kier molecular flexibility index (Phi) is 3.93. The van der Waals surface area contributed by atoms with Crippen LogP contribution in [0.15, 0.2) is 30.3 Å². The predicted octanol–water partition coefficient (Wildman–Crippen LogP) is 1.41. The van der Waals surface area contributed by atoms with E-state index in [1.165, 1.54) is 0 Å². The molecule has 0 unspecified atom stereocenters. The number of hydrogen-bond acceptors (Lipinski definition) is 2. The van der Waals surface area contributed by atoms with Gasteiger partial charge in [-0.05, 0) is 5.19 Å². The Hall–Kier alpha value is -0.353. The van der Waals surface area contributed by atoms with Crippen LogP contribution in [-0.4, -0.2) is 28.3 Å². The van der Waals surface area contributed by atoms with Crippen LogP contribution in [0, 0.1) is 0 Å². The van der Waals surface area contributed by atoms with Crippen molar-refractivity contribution in [3.8, 4) is 0 Å². The molecule has 0 saturated heterocycles. The Balaban J connectivity index is 3.01. The van der Waals surface area contributed by atoms with E-state index in [9.17, 15) is 0 Å². The van der Waals surface area contributed by atoms with Crippen molar-refractivity contribution in [3.05, 3.63) is 30.3 Å². The Bertz CT molecular complexity index is 241. The molecule has 0 aliphatic heterocycles. The van der Waals surface area contributed by atoms with E-state index in [1.54, 1.807) is 14.2 Å². The third-order valence-electron chi connectivity index (χ3n) is 2.05. The summed E-state index contributed by atoms with van der Waals surface area (Å²) in [6.07, 6.45) is 0. The first-order chi connectivity index (χ1) is 6.29. The molecule has 1 aromatic carbocycles. The SMILES string of the molecule is CO[Si](CCl)(OC)c1ccccc1. The molecule has 0 amide bonds. The summed E-state index contributed by atoms with van der Waals surface area (Å²) in [4.78, 5) is 0. The van der Waals surface area contributed by atoms with E-state index in [0.717, 1.165) is 5.19 Å². The van der Waals surface area contributed by atoms with Gasteiger partial charge in [-0.2, -0.15) is 0 Å². The number of halogens is 1. The van der Waals surface area contributed by atoms with Crippen molar-refractivity contribution in [2.45, 2.75) is 0 Å². The van der Waals surface area contributed by atoms with E-state index in [0.29, 0.717) is 5.50 Å². The molecule has 0 aromatic heterocycles. The number of rotatable bonds is 4. The fraction of sp³-hybridized carbons (Fsp3) is 0.333. The standard InChI is InChI=1S/C9H13ClO2Si/c1-11-13(8-10,12-2)9-6-4-3-5-7-9/h3-7H,8H2,1-2H3. The first-order valence-electron chi connectivity index (χ1n) is 4.01. The molecule has 0 aliphatic carbocycles. The maximum Gasteiger partial charge on any atom is 0.387 e. The Morgan fingerprint density at radius 2 is 1.69 bits per heavy atom. The van der Waals surface area contributed by atoms with Crippen molar-refractivity contribution < 1.29 is 8.85 Å². The average Bonchev–Trinajstić information content (AvgIpc) is 2.23. The quantitative estimate of drug-likeness (QED) is 0.560. The zero-order valence-corrected chi connectivity index (χ0v) is 9.54. The molecule has 0 spiro atoms. The topological polar surface area (TPSA) is 18.5 Å². The minimum absolute atomic E-state index is 0.407. The molecule has 0 aliphatic rings. The number of benzene rings is 1. The Morgan fingerprint density at radius 1 is 1.15 bits per heavy atom. The van der Waals surface area contributed by atoms with E-state index < -0.39 is 8.56 Å². The molecule has 0 fully saturated rings. The zero-order chi connectivity index (χ0) is 9.73. The van der Waals surface area contributed by atoms with Gasteiger partial charge in [-0.25, -0.2) is 0 Å². The molecule has 0 saturated carbocycles. The fourth-order valence-electron chi connectivity index (χ4n) is 1.20. The summed E-state index contributed by atoms with van der Waals surface area (Å²) in [5, 5.41) is 1.06. The first kappa shape index (κ1) is 10.7. The molecule has 72 valence electrons. The second-order valence-electron chi connectivity index (χ2n) is 2.66. The Labute approximate surface area is 84.7 Å². The third-order valence-corrected chi connectivity index (χ3v) is 5.99. The van der Waals surface area contributed by atoms with E-state index >= 15 is 0 Å². The van der Waals surface area contributed by atoms with Crippen LogP contribution in [0.4, 0.5) is 0 Å². The van der Waals surface area contributed by atoms with Gasteiger partial charge >= 0.3 is 8.56 Å². The van der Waals surface area contributed by atoms with E-state index in [2.05, 4.69) is 0 Å². The molecule has 0 bridgehead atoms. The Morgan fingerprint density at radius 3 is 2.08 bits per heavy atom. The highest BCUT2D eigenvalue weighted by molar-refractivity contribution is 6.86. The second-order valence-corrected chi connectivity index (χ2v) is 6.63. The largest absolute Gasteiger partial charge is 0.394 e. The summed E-state index contributed by atoms with van der Waals surface area (Å²) in [6.45, 7) is 0. The molecule has 4 heteroatoms. The van der Waals surface area contributed by atoms with Gasteiger partial charge in [0.25, 0.3) is 0 Å². The van der Waals surface area contributed by atoms with Gasteiger partial charge < -0.3 is 8.85 Å². The lowest BCUT2D eigenvalue weighted by molar-refractivity contribution is 0.264. The van der Waals surface area contributed by atoms with Gasteiger partial charge in [-0.1, -0.05) is 30.3 Å². The lowest BCUT2D eigenvalue weighted by Gasteiger charge is -2.24. The van der Waals surface area contributed by atoms with Gasteiger partial charge in [-0.3, -0.25) is 0 Å². The van der Waals surface area contributed by atoms with Crippen LogP contribution < -0.4 is 5.19 Å². The summed E-state index contributed by atoms with van der Waals surface area (Å²) in [6, 6.07) is 9.86. The normalized spacial score (nSPS) is 11.6. The lowest BCUT2D eigenvalue weighted by Crippen LogP contribution is -2.54. The van der Waals surface area contributed by atoms with Crippen LogP contribution in [0.25, 0.3) is 0 Å². The van der Waals surface area contributed by atoms with Crippen LogP contribution in [0.5, 0.6) is 0 Å². The van der Waals surface area contributed by atoms with Crippen LogP contribution >= 0.6 is 11.6 Å². The minimum atomic E-state index is -2.33. The summed E-state index contributed by atoms with van der Waals surface area (Å²) >= 11 is 5.87. The van der Waals surface area contributed by atoms with Crippen LogP contribution in [-0.2, 0) is 8.85 Å². The van der Waals surface area contributed by atoms with E-state index in [1.807, 2.05) is 30.3 Å².